The molecule has 1 N–H and O–H groups in total. The highest BCUT2D eigenvalue weighted by Gasteiger charge is 2.41. The first-order valence-electron chi connectivity index (χ1n) is 7.15. The van der Waals surface area contributed by atoms with Gasteiger partial charge in [-0.05, 0) is 31.6 Å². The number of amides is 2. The van der Waals surface area contributed by atoms with E-state index in [2.05, 4.69) is 12.2 Å². The van der Waals surface area contributed by atoms with Gasteiger partial charge < -0.3 is 15.0 Å². The predicted octanol–water partition coefficient (Wildman–Crippen LogP) is 0.929. The Morgan fingerprint density at radius 2 is 2.00 bits per heavy atom. The fourth-order valence-electron chi connectivity index (χ4n) is 2.81. The van der Waals surface area contributed by atoms with Gasteiger partial charge in [-0.15, -0.1) is 0 Å². The highest BCUT2D eigenvalue weighted by molar-refractivity contribution is 5.96. The van der Waals surface area contributed by atoms with E-state index in [-0.39, 0.29) is 29.3 Å². The maximum atomic E-state index is 12.4. The zero-order valence-corrected chi connectivity index (χ0v) is 12.1. The van der Waals surface area contributed by atoms with Crippen LogP contribution in [0.3, 0.4) is 0 Å². The SMILES string of the molecule is CCC1NC(=O)C(C)N(CC2(C)CCOCC2)C1=O. The van der Waals surface area contributed by atoms with E-state index in [1.807, 2.05) is 13.8 Å². The van der Waals surface area contributed by atoms with Crippen LogP contribution in [-0.2, 0) is 14.3 Å². The van der Waals surface area contributed by atoms with E-state index >= 15 is 0 Å². The van der Waals surface area contributed by atoms with Gasteiger partial charge in [-0.3, -0.25) is 9.59 Å². The summed E-state index contributed by atoms with van der Waals surface area (Å²) in [5.41, 5.74) is 0.0675. The highest BCUT2D eigenvalue weighted by Crippen LogP contribution is 2.32. The van der Waals surface area contributed by atoms with Gasteiger partial charge in [0.05, 0.1) is 0 Å². The van der Waals surface area contributed by atoms with Crippen LogP contribution in [0.15, 0.2) is 0 Å². The number of hydrogen-bond acceptors (Lipinski definition) is 3. The summed E-state index contributed by atoms with van der Waals surface area (Å²) in [6.07, 6.45) is 2.54. The second kappa shape index (κ2) is 5.49. The molecule has 0 spiro atoms. The Morgan fingerprint density at radius 3 is 2.58 bits per heavy atom. The molecule has 0 aromatic rings. The van der Waals surface area contributed by atoms with Gasteiger partial charge in [0.1, 0.15) is 12.1 Å². The number of carbonyl (C=O) groups excluding carboxylic acids is 2. The average molecular weight is 268 g/mol. The minimum atomic E-state index is -0.366. The van der Waals surface area contributed by atoms with Gasteiger partial charge in [-0.1, -0.05) is 13.8 Å². The van der Waals surface area contributed by atoms with Crippen molar-refractivity contribution in [1.29, 1.82) is 0 Å². The number of carbonyl (C=O) groups is 2. The van der Waals surface area contributed by atoms with Gasteiger partial charge in [-0.2, -0.15) is 0 Å². The van der Waals surface area contributed by atoms with Crippen LogP contribution < -0.4 is 5.32 Å². The van der Waals surface area contributed by atoms with Crippen molar-refractivity contribution in [3.8, 4) is 0 Å². The van der Waals surface area contributed by atoms with Crippen LogP contribution in [-0.4, -0.2) is 48.6 Å². The summed E-state index contributed by atoms with van der Waals surface area (Å²) in [4.78, 5) is 26.1. The molecule has 2 heterocycles. The van der Waals surface area contributed by atoms with Gasteiger partial charge in [0.15, 0.2) is 0 Å². The van der Waals surface area contributed by atoms with E-state index in [0.717, 1.165) is 26.1 Å². The molecular formula is C14H24N2O3. The van der Waals surface area contributed by atoms with Gasteiger partial charge in [-0.25, -0.2) is 0 Å². The van der Waals surface area contributed by atoms with Gasteiger partial charge >= 0.3 is 0 Å². The molecule has 0 aromatic heterocycles. The number of nitrogens with zero attached hydrogens (tertiary/aromatic N) is 1. The van der Waals surface area contributed by atoms with E-state index < -0.39 is 0 Å². The monoisotopic (exact) mass is 268 g/mol. The lowest BCUT2D eigenvalue weighted by Crippen LogP contribution is -2.63. The van der Waals surface area contributed by atoms with E-state index in [9.17, 15) is 9.59 Å². The molecule has 2 saturated heterocycles. The Bertz CT molecular complexity index is 364. The van der Waals surface area contributed by atoms with Crippen LogP contribution >= 0.6 is 0 Å². The Kier molecular flexibility index (Phi) is 4.13. The van der Waals surface area contributed by atoms with Crippen molar-refractivity contribution in [1.82, 2.24) is 10.2 Å². The summed E-state index contributed by atoms with van der Waals surface area (Å²) in [6, 6.07) is -0.720. The molecule has 0 aromatic carbocycles. The number of hydrogen-bond donors (Lipinski definition) is 1. The van der Waals surface area contributed by atoms with Crippen LogP contribution in [0.5, 0.6) is 0 Å². The van der Waals surface area contributed by atoms with Crippen molar-refractivity contribution in [2.24, 2.45) is 5.41 Å². The first-order valence-corrected chi connectivity index (χ1v) is 7.15. The van der Waals surface area contributed by atoms with E-state index in [4.69, 9.17) is 4.74 Å². The van der Waals surface area contributed by atoms with Crippen molar-refractivity contribution in [3.05, 3.63) is 0 Å². The number of rotatable bonds is 3. The first kappa shape index (κ1) is 14.3. The molecular weight excluding hydrogens is 244 g/mol. The topological polar surface area (TPSA) is 58.6 Å². The van der Waals surface area contributed by atoms with Gasteiger partial charge in [0.2, 0.25) is 11.8 Å². The normalized spacial score (nSPS) is 31.2. The van der Waals surface area contributed by atoms with Crippen LogP contribution in [0, 0.1) is 5.41 Å². The van der Waals surface area contributed by atoms with Crippen molar-refractivity contribution in [3.63, 3.8) is 0 Å². The Balaban J connectivity index is 2.11. The molecule has 2 rings (SSSR count). The van der Waals surface area contributed by atoms with E-state index in [1.54, 1.807) is 4.90 Å². The maximum Gasteiger partial charge on any atom is 0.245 e. The average Bonchev–Trinajstić information content (AvgIpc) is 2.40. The molecule has 5 nitrogen and oxygen atoms in total. The Labute approximate surface area is 114 Å². The third-order valence-corrected chi connectivity index (χ3v) is 4.40. The number of ether oxygens (including phenoxy) is 1. The molecule has 19 heavy (non-hydrogen) atoms. The minimum absolute atomic E-state index is 0.0397. The van der Waals surface area contributed by atoms with Gasteiger partial charge in [0.25, 0.3) is 0 Å². The number of piperazine rings is 1. The number of nitrogens with one attached hydrogen (secondary N) is 1. The van der Waals surface area contributed by atoms with Crippen LogP contribution in [0.25, 0.3) is 0 Å². The smallest absolute Gasteiger partial charge is 0.245 e. The van der Waals surface area contributed by atoms with E-state index in [0.29, 0.717) is 13.0 Å². The summed E-state index contributed by atoms with van der Waals surface area (Å²) in [5, 5.41) is 2.79. The highest BCUT2D eigenvalue weighted by atomic mass is 16.5. The first-order chi connectivity index (χ1) is 8.97. The lowest BCUT2D eigenvalue weighted by molar-refractivity contribution is -0.151. The van der Waals surface area contributed by atoms with Crippen molar-refractivity contribution < 1.29 is 14.3 Å². The molecule has 108 valence electrons. The minimum Gasteiger partial charge on any atom is -0.381 e. The van der Waals surface area contributed by atoms with Crippen LogP contribution in [0.4, 0.5) is 0 Å². The molecule has 2 atom stereocenters. The summed E-state index contributed by atoms with van der Waals surface area (Å²) in [6.45, 7) is 8.06. The fraction of sp³-hybridized carbons (Fsp3) is 0.857. The lowest BCUT2D eigenvalue weighted by atomic mass is 9.81. The quantitative estimate of drug-likeness (QED) is 0.828. The summed E-state index contributed by atoms with van der Waals surface area (Å²) < 4.78 is 5.39. The van der Waals surface area contributed by atoms with Crippen molar-refractivity contribution >= 4 is 11.8 Å². The fourth-order valence-corrected chi connectivity index (χ4v) is 2.81. The van der Waals surface area contributed by atoms with Crippen molar-refractivity contribution in [2.45, 2.75) is 52.1 Å². The molecule has 2 aliphatic rings. The van der Waals surface area contributed by atoms with Gasteiger partial charge in [0, 0.05) is 19.8 Å². The maximum absolute atomic E-state index is 12.4. The molecule has 0 aliphatic carbocycles. The second-order valence-corrected chi connectivity index (χ2v) is 6.03. The summed E-state index contributed by atoms with van der Waals surface area (Å²) >= 11 is 0. The molecule has 2 amide bonds. The third-order valence-electron chi connectivity index (χ3n) is 4.40. The zero-order valence-electron chi connectivity index (χ0n) is 12.1. The molecule has 0 bridgehead atoms. The predicted molar refractivity (Wildman–Crippen MR) is 71.6 cm³/mol. The molecule has 2 fully saturated rings. The lowest BCUT2D eigenvalue weighted by Gasteiger charge is -2.43. The molecule has 2 unspecified atom stereocenters. The second-order valence-electron chi connectivity index (χ2n) is 6.03. The largest absolute Gasteiger partial charge is 0.381 e. The Hall–Kier alpha value is -1.10. The Morgan fingerprint density at radius 1 is 1.37 bits per heavy atom. The zero-order chi connectivity index (χ0) is 14.0. The standard InChI is InChI=1S/C14H24N2O3/c1-4-11-13(18)16(10(2)12(17)15-11)9-14(3)5-7-19-8-6-14/h10-11H,4-9H2,1-3H3,(H,15,17). The van der Waals surface area contributed by atoms with Crippen LogP contribution in [0.2, 0.25) is 0 Å². The molecule has 0 saturated carbocycles. The molecule has 5 heteroatoms. The van der Waals surface area contributed by atoms with E-state index in [1.165, 1.54) is 0 Å². The van der Waals surface area contributed by atoms with Crippen molar-refractivity contribution in [2.75, 3.05) is 19.8 Å². The molecule has 0 radical (unpaired) electrons. The summed E-state index contributed by atoms with van der Waals surface area (Å²) in [7, 11) is 0. The molecule has 2 aliphatic heterocycles. The third kappa shape index (κ3) is 2.91. The summed E-state index contributed by atoms with van der Waals surface area (Å²) in [5.74, 6) is 0.0180. The van der Waals surface area contributed by atoms with Crippen LogP contribution in [0.1, 0.15) is 40.0 Å².